The van der Waals surface area contributed by atoms with Gasteiger partial charge in [-0.05, 0) is 55.0 Å². The molecule has 0 aliphatic carbocycles. The second-order valence-electron chi connectivity index (χ2n) is 9.40. The Morgan fingerprint density at radius 3 is 2.38 bits per heavy atom. The highest BCUT2D eigenvalue weighted by Gasteiger charge is 2.35. The molecule has 0 saturated heterocycles. The quantitative estimate of drug-likeness (QED) is 0.543. The molecule has 0 bridgehead atoms. The van der Waals surface area contributed by atoms with Crippen LogP contribution in [0.1, 0.15) is 34.6 Å². The Hall–Kier alpha value is -3.85. The number of benzene rings is 2. The number of fused-ring (bicyclic) bond motifs is 1. The van der Waals surface area contributed by atoms with Gasteiger partial charge in [-0.25, -0.2) is 13.8 Å². The van der Waals surface area contributed by atoms with Gasteiger partial charge in [-0.1, -0.05) is 19.1 Å². The van der Waals surface area contributed by atoms with Crippen molar-refractivity contribution < 1.29 is 28.2 Å². The van der Waals surface area contributed by atoms with Crippen LogP contribution in [-0.4, -0.2) is 70.6 Å². The van der Waals surface area contributed by atoms with Gasteiger partial charge >= 0.3 is 0 Å². The Balaban J connectivity index is 1.67. The molecule has 37 heavy (non-hydrogen) atoms. The molecule has 3 aromatic rings. The number of hydrogen-bond donors (Lipinski definition) is 1. The van der Waals surface area contributed by atoms with Crippen molar-refractivity contribution in [3.05, 3.63) is 83.6 Å². The monoisotopic (exact) mass is 509 g/mol. The molecule has 3 atom stereocenters. The molecule has 1 aromatic heterocycles. The lowest BCUT2D eigenvalue weighted by Gasteiger charge is -2.37. The second kappa shape index (κ2) is 11.0. The molecule has 0 fully saturated rings. The van der Waals surface area contributed by atoms with Gasteiger partial charge in [-0.3, -0.25) is 9.59 Å². The van der Waals surface area contributed by atoms with E-state index >= 15 is 0 Å². The molecule has 194 valence electrons. The Morgan fingerprint density at radius 1 is 1.14 bits per heavy atom. The van der Waals surface area contributed by atoms with Crippen LogP contribution >= 0.6 is 0 Å². The number of pyridine rings is 1. The summed E-state index contributed by atoms with van der Waals surface area (Å²) in [5.41, 5.74) is 1.85. The highest BCUT2D eigenvalue weighted by Crippen LogP contribution is 2.30. The SMILES string of the molecule is C[C@@H]1CN([C@@H](C)CO)C(=O)c2cc(-c3ccc(F)cc3)cnc2O[C@H]1CN(C)C(=O)c1ccc(F)cc1. The lowest BCUT2D eigenvalue weighted by atomic mass is 9.99. The van der Waals surface area contributed by atoms with Crippen LogP contribution in [-0.2, 0) is 0 Å². The molecule has 0 radical (unpaired) electrons. The minimum Gasteiger partial charge on any atom is -0.472 e. The molecular formula is C28H29F2N3O4. The maximum absolute atomic E-state index is 13.6. The van der Waals surface area contributed by atoms with Crippen molar-refractivity contribution in [2.24, 2.45) is 5.92 Å². The van der Waals surface area contributed by atoms with Crippen LogP contribution in [0.25, 0.3) is 11.1 Å². The van der Waals surface area contributed by atoms with Gasteiger partial charge in [0.1, 0.15) is 23.3 Å². The van der Waals surface area contributed by atoms with E-state index in [1.807, 2.05) is 6.92 Å². The Labute approximate surface area is 214 Å². The molecule has 9 heteroatoms. The number of amides is 2. The molecule has 1 aliphatic heterocycles. The lowest BCUT2D eigenvalue weighted by Crippen LogP contribution is -2.50. The summed E-state index contributed by atoms with van der Waals surface area (Å²) in [6.07, 6.45) is 1.02. The lowest BCUT2D eigenvalue weighted by molar-refractivity contribution is 0.0313. The molecule has 2 aromatic carbocycles. The summed E-state index contributed by atoms with van der Waals surface area (Å²) in [6.45, 7) is 3.90. The first-order valence-electron chi connectivity index (χ1n) is 12.0. The van der Waals surface area contributed by atoms with Crippen LogP contribution in [0.3, 0.4) is 0 Å². The van der Waals surface area contributed by atoms with E-state index in [-0.39, 0.29) is 54.7 Å². The van der Waals surface area contributed by atoms with Crippen LogP contribution < -0.4 is 4.74 Å². The van der Waals surface area contributed by atoms with E-state index in [4.69, 9.17) is 4.74 Å². The highest BCUT2D eigenvalue weighted by atomic mass is 19.1. The average molecular weight is 510 g/mol. The number of halogens is 2. The molecule has 1 N–H and O–H groups in total. The topological polar surface area (TPSA) is 83.0 Å². The van der Waals surface area contributed by atoms with Crippen LogP contribution in [0, 0.1) is 17.6 Å². The number of aromatic nitrogens is 1. The van der Waals surface area contributed by atoms with Crippen LogP contribution in [0.4, 0.5) is 8.78 Å². The number of aliphatic hydroxyl groups is 1. The van der Waals surface area contributed by atoms with Crippen molar-refractivity contribution in [1.82, 2.24) is 14.8 Å². The van der Waals surface area contributed by atoms with Gasteiger partial charge in [-0.2, -0.15) is 0 Å². The first kappa shape index (κ1) is 26.2. The molecule has 0 unspecified atom stereocenters. The van der Waals surface area contributed by atoms with E-state index in [2.05, 4.69) is 4.98 Å². The first-order valence-corrected chi connectivity index (χ1v) is 12.0. The van der Waals surface area contributed by atoms with Crippen molar-refractivity contribution in [2.75, 3.05) is 26.7 Å². The molecule has 7 nitrogen and oxygen atoms in total. The molecule has 0 saturated carbocycles. The fourth-order valence-electron chi connectivity index (χ4n) is 4.29. The summed E-state index contributed by atoms with van der Waals surface area (Å²) < 4.78 is 32.9. The molecule has 2 heterocycles. The molecular weight excluding hydrogens is 480 g/mol. The van der Waals surface area contributed by atoms with Crippen LogP contribution in [0.2, 0.25) is 0 Å². The third-order valence-corrected chi connectivity index (χ3v) is 6.59. The van der Waals surface area contributed by atoms with E-state index in [1.54, 1.807) is 43.3 Å². The average Bonchev–Trinajstić information content (AvgIpc) is 2.90. The van der Waals surface area contributed by atoms with Crippen molar-refractivity contribution in [3.63, 3.8) is 0 Å². The number of aliphatic hydroxyl groups excluding tert-OH is 1. The predicted molar refractivity (Wildman–Crippen MR) is 134 cm³/mol. The summed E-state index contributed by atoms with van der Waals surface area (Å²) in [5.74, 6) is -1.54. The minimum atomic E-state index is -0.529. The van der Waals surface area contributed by atoms with E-state index in [9.17, 15) is 23.5 Å². The van der Waals surface area contributed by atoms with Crippen LogP contribution in [0.15, 0.2) is 60.8 Å². The van der Waals surface area contributed by atoms with Crippen molar-refractivity contribution in [2.45, 2.75) is 26.0 Å². The highest BCUT2D eigenvalue weighted by molar-refractivity contribution is 5.98. The molecule has 4 rings (SSSR count). The fourth-order valence-corrected chi connectivity index (χ4v) is 4.29. The fraction of sp³-hybridized carbons (Fsp3) is 0.321. The van der Waals surface area contributed by atoms with Gasteiger partial charge in [0.25, 0.3) is 11.8 Å². The zero-order valence-corrected chi connectivity index (χ0v) is 20.9. The standard InChI is InChI=1S/C28H29F2N3O4/c1-17-14-33(18(2)16-34)28(36)24-12-21(19-4-8-22(29)9-5-19)13-31-26(24)37-25(17)15-32(3)27(35)20-6-10-23(30)11-7-20/h4-13,17-18,25,34H,14-16H2,1-3H3/t17-,18+,25+/m1/s1. The maximum atomic E-state index is 13.6. The second-order valence-corrected chi connectivity index (χ2v) is 9.40. The number of carbonyl (C=O) groups excluding carboxylic acids is 2. The minimum absolute atomic E-state index is 0.116. The number of ether oxygens (including phenoxy) is 1. The Kier molecular flexibility index (Phi) is 7.83. The molecule has 0 spiro atoms. The summed E-state index contributed by atoms with van der Waals surface area (Å²) in [4.78, 5) is 34.0. The summed E-state index contributed by atoms with van der Waals surface area (Å²) in [5, 5.41) is 9.83. The summed E-state index contributed by atoms with van der Waals surface area (Å²) in [7, 11) is 1.63. The van der Waals surface area contributed by atoms with Gasteiger partial charge in [0, 0.05) is 36.8 Å². The third-order valence-electron chi connectivity index (χ3n) is 6.59. The van der Waals surface area contributed by atoms with Gasteiger partial charge < -0.3 is 19.6 Å². The van der Waals surface area contributed by atoms with Crippen LogP contribution in [0.5, 0.6) is 5.88 Å². The Morgan fingerprint density at radius 2 is 1.76 bits per heavy atom. The number of nitrogens with zero attached hydrogens (tertiary/aromatic N) is 3. The molecule has 2 amide bonds. The maximum Gasteiger partial charge on any atom is 0.259 e. The van der Waals surface area contributed by atoms with Gasteiger partial charge in [0.2, 0.25) is 5.88 Å². The van der Waals surface area contributed by atoms with E-state index < -0.39 is 18.0 Å². The normalized spacial score (nSPS) is 18.3. The van der Waals surface area contributed by atoms with Crippen molar-refractivity contribution in [3.8, 4) is 17.0 Å². The van der Waals surface area contributed by atoms with Gasteiger partial charge in [0.05, 0.1) is 19.2 Å². The van der Waals surface area contributed by atoms with E-state index in [1.165, 1.54) is 41.3 Å². The smallest absolute Gasteiger partial charge is 0.259 e. The number of hydrogen-bond acceptors (Lipinski definition) is 5. The van der Waals surface area contributed by atoms with Gasteiger partial charge in [-0.15, -0.1) is 0 Å². The predicted octanol–water partition coefficient (Wildman–Crippen LogP) is 4.02. The van der Waals surface area contributed by atoms with Crippen molar-refractivity contribution >= 4 is 11.8 Å². The summed E-state index contributed by atoms with van der Waals surface area (Å²) in [6, 6.07) is 12.4. The number of rotatable bonds is 6. The number of likely N-dealkylation sites (N-methyl/N-ethyl adjacent to an activating group) is 1. The zero-order valence-electron chi connectivity index (χ0n) is 20.9. The zero-order chi connectivity index (χ0) is 26.7. The largest absolute Gasteiger partial charge is 0.472 e. The first-order chi connectivity index (χ1) is 17.7. The van der Waals surface area contributed by atoms with Gasteiger partial charge in [0.15, 0.2) is 0 Å². The number of carbonyl (C=O) groups is 2. The van der Waals surface area contributed by atoms with E-state index in [0.717, 1.165) is 0 Å². The van der Waals surface area contributed by atoms with Crippen molar-refractivity contribution in [1.29, 1.82) is 0 Å². The third kappa shape index (κ3) is 5.77. The Bertz CT molecular complexity index is 1270. The summed E-state index contributed by atoms with van der Waals surface area (Å²) >= 11 is 0. The molecule has 1 aliphatic rings. The van der Waals surface area contributed by atoms with E-state index in [0.29, 0.717) is 16.7 Å².